The number of hydrogen-bond acceptors (Lipinski definition) is 2. The topological polar surface area (TPSA) is 12.0 Å². The molecule has 1 saturated heterocycles. The van der Waals surface area contributed by atoms with Crippen molar-refractivity contribution >= 4 is 28.3 Å². The molecule has 0 radical (unpaired) electrons. The van der Waals surface area contributed by atoms with Gasteiger partial charge in [0, 0.05) is 4.91 Å². The first-order valence-corrected chi connectivity index (χ1v) is 3.60. The van der Waals surface area contributed by atoms with Crippen molar-refractivity contribution in [2.75, 3.05) is 0 Å². The van der Waals surface area contributed by atoms with Crippen LogP contribution in [-0.2, 0) is 0 Å². The molecule has 44 valence electrons. The highest BCUT2D eigenvalue weighted by Gasteiger charge is 2.17. The number of thioether (sulfide) groups is 1. The monoisotopic (exact) mass is 145 g/mol. The predicted molar refractivity (Wildman–Crippen MR) is 41.9 cm³/mol. The zero-order valence-corrected chi connectivity index (χ0v) is 6.23. The summed E-state index contributed by atoms with van der Waals surface area (Å²) < 4.78 is 0.850. The molecule has 1 nitrogen and oxygen atoms in total. The quantitative estimate of drug-likeness (QED) is 0.519. The van der Waals surface area contributed by atoms with Gasteiger partial charge in [-0.15, -0.1) is 0 Å². The number of nitrogens with one attached hydrogen (secondary N) is 1. The van der Waals surface area contributed by atoms with Crippen LogP contribution in [-0.4, -0.2) is 10.4 Å². The lowest BCUT2D eigenvalue weighted by Gasteiger charge is -1.98. The molecule has 0 aliphatic carbocycles. The van der Waals surface area contributed by atoms with Crippen molar-refractivity contribution in [3.8, 4) is 0 Å². The van der Waals surface area contributed by atoms with Crippen molar-refractivity contribution in [3.05, 3.63) is 11.5 Å². The zero-order chi connectivity index (χ0) is 6.15. The first-order valence-electron chi connectivity index (χ1n) is 2.37. The van der Waals surface area contributed by atoms with E-state index in [2.05, 4.69) is 18.8 Å². The summed E-state index contributed by atoms with van der Waals surface area (Å²) in [5.41, 5.74) is 0. The van der Waals surface area contributed by atoms with Gasteiger partial charge in [-0.25, -0.2) is 0 Å². The fourth-order valence-corrected chi connectivity index (χ4v) is 1.70. The van der Waals surface area contributed by atoms with E-state index in [1.54, 1.807) is 11.8 Å². The molecule has 0 aromatic heterocycles. The highest BCUT2D eigenvalue weighted by molar-refractivity contribution is 8.25. The van der Waals surface area contributed by atoms with E-state index in [4.69, 9.17) is 12.2 Å². The molecule has 3 heteroatoms. The Kier molecular flexibility index (Phi) is 1.58. The Morgan fingerprint density at radius 2 is 2.50 bits per heavy atom. The molecule has 8 heavy (non-hydrogen) atoms. The molecule has 1 rings (SSSR count). The molecule has 1 aliphatic rings. The Bertz CT molecular complexity index is 141. The molecule has 0 aromatic rings. The third kappa shape index (κ3) is 1.03. The van der Waals surface area contributed by atoms with E-state index in [9.17, 15) is 0 Å². The Morgan fingerprint density at radius 3 is 2.62 bits per heavy atom. The molecule has 1 heterocycles. The maximum atomic E-state index is 4.86. The van der Waals surface area contributed by atoms with Gasteiger partial charge in [0.15, 0.2) is 0 Å². The summed E-state index contributed by atoms with van der Waals surface area (Å²) in [6.07, 6.45) is 0. The Hall–Kier alpha value is -0.0200. The minimum Gasteiger partial charge on any atom is -0.364 e. The lowest BCUT2D eigenvalue weighted by atomic mass is 10.3. The summed E-state index contributed by atoms with van der Waals surface area (Å²) in [4.78, 5) is 1.12. The summed E-state index contributed by atoms with van der Waals surface area (Å²) in [7, 11) is 0. The molecule has 1 N–H and O–H groups in total. The second-order valence-corrected chi connectivity index (χ2v) is 3.53. The molecule has 0 spiro atoms. The van der Waals surface area contributed by atoms with Crippen LogP contribution in [0.4, 0.5) is 0 Å². The highest BCUT2D eigenvalue weighted by Crippen LogP contribution is 2.24. The van der Waals surface area contributed by atoms with E-state index >= 15 is 0 Å². The Morgan fingerprint density at radius 1 is 1.88 bits per heavy atom. The molecule has 1 aliphatic heterocycles. The molecule has 1 fully saturated rings. The lowest BCUT2D eigenvalue weighted by molar-refractivity contribution is 0.826. The molecule has 1 atom stereocenters. The van der Waals surface area contributed by atoms with Crippen LogP contribution in [0.25, 0.3) is 0 Å². The summed E-state index contributed by atoms with van der Waals surface area (Å²) in [6.45, 7) is 5.85. The fraction of sp³-hybridized carbons (Fsp3) is 0.400. The maximum absolute atomic E-state index is 4.86. The normalized spacial score (nSPS) is 28.4. The van der Waals surface area contributed by atoms with E-state index in [1.807, 2.05) is 0 Å². The van der Waals surface area contributed by atoms with E-state index in [1.165, 1.54) is 0 Å². The van der Waals surface area contributed by atoms with Gasteiger partial charge in [0.25, 0.3) is 0 Å². The van der Waals surface area contributed by atoms with Crippen LogP contribution in [0.15, 0.2) is 11.5 Å². The van der Waals surface area contributed by atoms with Gasteiger partial charge in [0.1, 0.15) is 4.32 Å². The largest absolute Gasteiger partial charge is 0.364 e. The zero-order valence-electron chi connectivity index (χ0n) is 4.60. The summed E-state index contributed by atoms with van der Waals surface area (Å²) in [6, 6.07) is 0.368. The number of rotatable bonds is 0. The smallest absolute Gasteiger partial charge is 0.138 e. The van der Waals surface area contributed by atoms with Crippen LogP contribution in [0.5, 0.6) is 0 Å². The van der Waals surface area contributed by atoms with Gasteiger partial charge in [-0.1, -0.05) is 30.6 Å². The van der Waals surface area contributed by atoms with E-state index in [0.29, 0.717) is 6.04 Å². The molecule has 0 aromatic carbocycles. The van der Waals surface area contributed by atoms with Crippen LogP contribution < -0.4 is 5.32 Å². The van der Waals surface area contributed by atoms with Gasteiger partial charge < -0.3 is 5.32 Å². The van der Waals surface area contributed by atoms with Crippen molar-refractivity contribution in [2.24, 2.45) is 0 Å². The van der Waals surface area contributed by atoms with Crippen LogP contribution >= 0.6 is 24.0 Å². The van der Waals surface area contributed by atoms with Gasteiger partial charge in [0.05, 0.1) is 6.04 Å². The second-order valence-electron chi connectivity index (χ2n) is 1.72. The van der Waals surface area contributed by atoms with Crippen LogP contribution in [0.1, 0.15) is 6.92 Å². The maximum Gasteiger partial charge on any atom is 0.138 e. The first kappa shape index (κ1) is 6.11. The average Bonchev–Trinajstić information content (AvgIpc) is 1.85. The van der Waals surface area contributed by atoms with Gasteiger partial charge in [-0.2, -0.15) is 0 Å². The molecular weight excluding hydrogens is 138 g/mol. The minimum atomic E-state index is 0.368. The van der Waals surface area contributed by atoms with Crippen LogP contribution in [0, 0.1) is 0 Å². The SMILES string of the molecule is C=C1SC(=S)NC1C. The van der Waals surface area contributed by atoms with E-state index in [-0.39, 0.29) is 0 Å². The van der Waals surface area contributed by atoms with Crippen LogP contribution in [0.2, 0.25) is 0 Å². The second kappa shape index (κ2) is 2.07. The number of hydrogen-bond donors (Lipinski definition) is 1. The molecule has 0 amide bonds. The standard InChI is InChI=1S/C5H7NS2/c1-3-4(2)8-5(7)6-3/h3H,2H2,1H3,(H,6,7). The highest BCUT2D eigenvalue weighted by atomic mass is 32.2. The van der Waals surface area contributed by atoms with Crippen molar-refractivity contribution in [1.29, 1.82) is 0 Å². The van der Waals surface area contributed by atoms with Gasteiger partial charge in [0.2, 0.25) is 0 Å². The third-order valence-electron chi connectivity index (χ3n) is 1.04. The lowest BCUT2D eigenvalue weighted by Crippen LogP contribution is -2.20. The summed E-state index contributed by atoms with van der Waals surface area (Å²) >= 11 is 6.42. The first-order chi connectivity index (χ1) is 3.70. The van der Waals surface area contributed by atoms with Crippen molar-refractivity contribution < 1.29 is 0 Å². The van der Waals surface area contributed by atoms with E-state index < -0.39 is 0 Å². The van der Waals surface area contributed by atoms with Gasteiger partial charge in [-0.05, 0) is 6.92 Å². The summed E-state index contributed by atoms with van der Waals surface area (Å²) in [5, 5.41) is 3.06. The van der Waals surface area contributed by atoms with Gasteiger partial charge in [-0.3, -0.25) is 0 Å². The molecule has 1 unspecified atom stereocenters. The summed E-state index contributed by atoms with van der Waals surface area (Å²) in [5.74, 6) is 0. The minimum absolute atomic E-state index is 0.368. The predicted octanol–water partition coefficient (Wildman–Crippen LogP) is 1.51. The Labute approximate surface area is 58.5 Å². The van der Waals surface area contributed by atoms with Crippen molar-refractivity contribution in [1.82, 2.24) is 5.32 Å². The number of thiocarbonyl (C=S) groups is 1. The fourth-order valence-electron chi connectivity index (χ4n) is 0.494. The Balaban J connectivity index is 2.64. The van der Waals surface area contributed by atoms with Crippen molar-refractivity contribution in [3.63, 3.8) is 0 Å². The molecular formula is C5H7NS2. The van der Waals surface area contributed by atoms with E-state index in [0.717, 1.165) is 9.23 Å². The van der Waals surface area contributed by atoms with Crippen molar-refractivity contribution in [2.45, 2.75) is 13.0 Å². The molecule has 0 bridgehead atoms. The van der Waals surface area contributed by atoms with Crippen LogP contribution in [0.3, 0.4) is 0 Å². The average molecular weight is 145 g/mol. The molecule has 0 saturated carbocycles. The van der Waals surface area contributed by atoms with Gasteiger partial charge >= 0.3 is 0 Å². The third-order valence-corrected chi connectivity index (χ3v) is 2.33.